The molecule has 0 aromatic carbocycles. The van der Waals surface area contributed by atoms with Crippen LogP contribution in [-0.4, -0.2) is 24.0 Å². The first kappa shape index (κ1) is 12.4. The molecule has 5 nitrogen and oxygen atoms in total. The number of hydrogen-bond acceptors (Lipinski definition) is 5. The molecule has 88 valence electrons. The topological polar surface area (TPSA) is 76.7 Å². The highest BCUT2D eigenvalue weighted by Gasteiger charge is 2.24. The van der Waals surface area contributed by atoms with E-state index < -0.39 is 18.0 Å². The number of aliphatic hydroxyl groups excluding tert-OH is 1. The highest BCUT2D eigenvalue weighted by molar-refractivity contribution is 5.98. The van der Waals surface area contributed by atoms with Gasteiger partial charge in [-0.25, -0.2) is 0 Å². The molecule has 1 unspecified atom stereocenters. The van der Waals surface area contributed by atoms with Gasteiger partial charge in [0.15, 0.2) is 0 Å². The summed E-state index contributed by atoms with van der Waals surface area (Å²) in [7, 11) is 1.22. The quantitative estimate of drug-likeness (QED) is 0.600. The molecule has 1 rings (SSSR count). The van der Waals surface area contributed by atoms with Crippen molar-refractivity contribution in [1.29, 1.82) is 0 Å². The van der Waals surface area contributed by atoms with Crippen LogP contribution in [0.25, 0.3) is 0 Å². The Morgan fingerprint density at radius 1 is 1.56 bits per heavy atom. The van der Waals surface area contributed by atoms with E-state index in [0.29, 0.717) is 5.56 Å². The monoisotopic (exact) mass is 226 g/mol. The third kappa shape index (κ3) is 2.93. The highest BCUT2D eigenvalue weighted by Crippen LogP contribution is 2.19. The molecule has 16 heavy (non-hydrogen) atoms. The standard InChI is InChI=1S/C11H14O5/c1-7(11(14)15-2)9(12)5-10(13)8-3-4-16-6-8/h3-4,6-7,10,13H,5H2,1-2H3/t7?,10-/m1/s1. The van der Waals surface area contributed by atoms with Crippen molar-refractivity contribution in [3.63, 3.8) is 0 Å². The molecular weight excluding hydrogens is 212 g/mol. The lowest BCUT2D eigenvalue weighted by atomic mass is 9.99. The van der Waals surface area contributed by atoms with Crippen molar-refractivity contribution >= 4 is 11.8 Å². The number of esters is 1. The van der Waals surface area contributed by atoms with Gasteiger partial charge in [-0.2, -0.15) is 0 Å². The number of aliphatic hydroxyl groups is 1. The van der Waals surface area contributed by atoms with E-state index in [0.717, 1.165) is 0 Å². The summed E-state index contributed by atoms with van der Waals surface area (Å²) >= 11 is 0. The van der Waals surface area contributed by atoms with Gasteiger partial charge < -0.3 is 14.3 Å². The molecule has 1 aromatic rings. The zero-order chi connectivity index (χ0) is 12.1. The Hall–Kier alpha value is -1.62. The van der Waals surface area contributed by atoms with Crippen LogP contribution < -0.4 is 0 Å². The Morgan fingerprint density at radius 2 is 2.25 bits per heavy atom. The van der Waals surface area contributed by atoms with E-state index in [1.54, 1.807) is 6.07 Å². The number of carbonyl (C=O) groups is 2. The van der Waals surface area contributed by atoms with Crippen LogP contribution in [0.4, 0.5) is 0 Å². The van der Waals surface area contributed by atoms with Gasteiger partial charge in [-0.15, -0.1) is 0 Å². The normalized spacial score (nSPS) is 14.2. The molecule has 0 bridgehead atoms. The summed E-state index contributed by atoms with van der Waals surface area (Å²) in [5.41, 5.74) is 0.519. The Morgan fingerprint density at radius 3 is 2.75 bits per heavy atom. The Kier molecular flexibility index (Phi) is 4.25. The maximum Gasteiger partial charge on any atom is 0.315 e. The second-order valence-corrected chi connectivity index (χ2v) is 3.49. The van der Waals surface area contributed by atoms with Crippen molar-refractivity contribution in [3.8, 4) is 0 Å². The average Bonchev–Trinajstić information content (AvgIpc) is 2.80. The smallest absolute Gasteiger partial charge is 0.315 e. The maximum absolute atomic E-state index is 11.6. The number of methoxy groups -OCH3 is 1. The van der Waals surface area contributed by atoms with E-state index in [1.165, 1.54) is 26.6 Å². The van der Waals surface area contributed by atoms with Crippen molar-refractivity contribution in [2.75, 3.05) is 7.11 Å². The fourth-order valence-corrected chi connectivity index (χ4v) is 1.26. The Balaban J connectivity index is 2.55. The summed E-state index contributed by atoms with van der Waals surface area (Å²) in [4.78, 5) is 22.6. The van der Waals surface area contributed by atoms with Crippen LogP contribution in [0.1, 0.15) is 25.0 Å². The third-order valence-electron chi connectivity index (χ3n) is 2.36. The van der Waals surface area contributed by atoms with Crippen LogP contribution in [-0.2, 0) is 14.3 Å². The minimum Gasteiger partial charge on any atom is -0.472 e. The predicted octanol–water partition coefficient (Wildman–Crippen LogP) is 1.08. The zero-order valence-electron chi connectivity index (χ0n) is 9.17. The van der Waals surface area contributed by atoms with Gasteiger partial charge in [-0.05, 0) is 13.0 Å². The molecule has 0 aliphatic carbocycles. The van der Waals surface area contributed by atoms with E-state index in [9.17, 15) is 14.7 Å². The largest absolute Gasteiger partial charge is 0.472 e. The summed E-state index contributed by atoms with van der Waals surface area (Å²) in [5.74, 6) is -1.81. The van der Waals surface area contributed by atoms with Crippen molar-refractivity contribution < 1.29 is 23.8 Å². The molecule has 0 saturated carbocycles. The van der Waals surface area contributed by atoms with Crippen molar-refractivity contribution in [1.82, 2.24) is 0 Å². The molecule has 0 radical (unpaired) electrons. The van der Waals surface area contributed by atoms with Gasteiger partial charge in [0.2, 0.25) is 0 Å². The van der Waals surface area contributed by atoms with Gasteiger partial charge in [0.25, 0.3) is 0 Å². The van der Waals surface area contributed by atoms with Crippen molar-refractivity contribution in [2.45, 2.75) is 19.4 Å². The Bertz CT molecular complexity index is 354. The van der Waals surface area contributed by atoms with Crippen molar-refractivity contribution in [3.05, 3.63) is 24.2 Å². The molecule has 0 spiro atoms. The minimum atomic E-state index is -0.946. The number of Topliss-reactive ketones (excluding diaryl/α,β-unsaturated/α-hetero) is 1. The van der Waals surface area contributed by atoms with Crippen LogP contribution >= 0.6 is 0 Å². The molecule has 0 saturated heterocycles. The van der Waals surface area contributed by atoms with Gasteiger partial charge in [0.05, 0.1) is 25.7 Å². The first-order valence-electron chi connectivity index (χ1n) is 4.87. The van der Waals surface area contributed by atoms with Crippen LogP contribution in [0.15, 0.2) is 23.0 Å². The van der Waals surface area contributed by atoms with Gasteiger partial charge >= 0.3 is 5.97 Å². The molecule has 0 amide bonds. The van der Waals surface area contributed by atoms with Gasteiger partial charge in [-0.1, -0.05) is 0 Å². The average molecular weight is 226 g/mol. The maximum atomic E-state index is 11.6. The summed E-state index contributed by atoms with van der Waals surface area (Å²) in [5, 5.41) is 9.65. The number of hydrogen-bond donors (Lipinski definition) is 1. The molecule has 0 fully saturated rings. The van der Waals surface area contributed by atoms with Crippen LogP contribution in [0.5, 0.6) is 0 Å². The van der Waals surface area contributed by atoms with Gasteiger partial charge in [0.1, 0.15) is 11.7 Å². The lowest BCUT2D eigenvalue weighted by Crippen LogP contribution is -2.23. The van der Waals surface area contributed by atoms with Gasteiger partial charge in [-0.3, -0.25) is 9.59 Å². The molecular formula is C11H14O5. The second-order valence-electron chi connectivity index (χ2n) is 3.49. The number of ether oxygens (including phenoxy) is 1. The number of rotatable bonds is 5. The predicted molar refractivity (Wildman–Crippen MR) is 54.5 cm³/mol. The lowest BCUT2D eigenvalue weighted by molar-refractivity contribution is -0.149. The van der Waals surface area contributed by atoms with Gasteiger partial charge in [0, 0.05) is 12.0 Å². The van der Waals surface area contributed by atoms with E-state index in [1.807, 2.05) is 0 Å². The summed E-state index contributed by atoms with van der Waals surface area (Å²) < 4.78 is 9.23. The zero-order valence-corrected chi connectivity index (χ0v) is 9.17. The molecule has 1 heterocycles. The first-order chi connectivity index (χ1) is 7.56. The van der Waals surface area contributed by atoms with E-state index >= 15 is 0 Å². The Labute approximate surface area is 93.0 Å². The molecule has 5 heteroatoms. The fraction of sp³-hybridized carbons (Fsp3) is 0.455. The summed E-state index contributed by atoms with van der Waals surface area (Å²) in [6.07, 6.45) is 1.70. The molecule has 2 atom stereocenters. The number of carbonyl (C=O) groups excluding carboxylic acids is 2. The van der Waals surface area contributed by atoms with Crippen LogP contribution in [0.3, 0.4) is 0 Å². The summed E-state index contributed by atoms with van der Waals surface area (Å²) in [6.45, 7) is 1.45. The van der Waals surface area contributed by atoms with E-state index in [2.05, 4.69) is 4.74 Å². The lowest BCUT2D eigenvalue weighted by Gasteiger charge is -2.11. The van der Waals surface area contributed by atoms with E-state index in [4.69, 9.17) is 4.42 Å². The molecule has 0 aliphatic heterocycles. The SMILES string of the molecule is COC(=O)C(C)C(=O)C[C@@H](O)c1ccoc1. The van der Waals surface area contributed by atoms with Crippen LogP contribution in [0, 0.1) is 5.92 Å². The minimum absolute atomic E-state index is 0.129. The molecule has 1 N–H and O–H groups in total. The van der Waals surface area contributed by atoms with E-state index in [-0.39, 0.29) is 12.2 Å². The number of ketones is 1. The fourth-order valence-electron chi connectivity index (χ4n) is 1.26. The summed E-state index contributed by atoms with van der Waals surface area (Å²) in [6, 6.07) is 1.57. The molecule has 1 aromatic heterocycles. The number of furan rings is 1. The van der Waals surface area contributed by atoms with Crippen molar-refractivity contribution in [2.24, 2.45) is 5.92 Å². The highest BCUT2D eigenvalue weighted by atomic mass is 16.5. The van der Waals surface area contributed by atoms with Crippen LogP contribution in [0.2, 0.25) is 0 Å². The third-order valence-corrected chi connectivity index (χ3v) is 2.36. The first-order valence-corrected chi connectivity index (χ1v) is 4.87. The second kappa shape index (κ2) is 5.46. The molecule has 0 aliphatic rings.